The minimum absolute atomic E-state index is 0.148. The third kappa shape index (κ3) is 2.03. The Bertz CT molecular complexity index is 376. The fraction of sp³-hybridized carbons (Fsp3) is 0.692. The molecule has 1 aromatic heterocycles. The molecule has 0 amide bonds. The third-order valence-corrected chi connectivity index (χ3v) is 5.58. The highest BCUT2D eigenvalue weighted by atomic mass is 35.5. The van der Waals surface area contributed by atoms with Gasteiger partial charge in [0.2, 0.25) is 0 Å². The number of halogens is 1. The molecule has 0 saturated heterocycles. The molecule has 0 aliphatic heterocycles. The summed E-state index contributed by atoms with van der Waals surface area (Å²) in [6.45, 7) is 0. The Hall–Kier alpha value is -0.0500. The van der Waals surface area contributed by atoms with E-state index < -0.39 is 0 Å². The molecule has 1 aromatic rings. The van der Waals surface area contributed by atoms with Gasteiger partial charge in [-0.15, -0.1) is 11.3 Å². The summed E-state index contributed by atoms with van der Waals surface area (Å²) in [4.78, 5) is 1.22. The molecule has 2 aliphatic carbocycles. The Kier molecular flexibility index (Phi) is 2.99. The van der Waals surface area contributed by atoms with Gasteiger partial charge in [0.15, 0.2) is 0 Å². The SMILES string of the molecule is OC(Cc1ccc(Cl)s1)C1CC2CCC1C2. The lowest BCUT2D eigenvalue weighted by Crippen LogP contribution is -2.27. The van der Waals surface area contributed by atoms with E-state index in [9.17, 15) is 5.11 Å². The van der Waals surface area contributed by atoms with Gasteiger partial charge in [-0.2, -0.15) is 0 Å². The number of aliphatic hydroxyl groups is 1. The molecule has 3 rings (SSSR count). The van der Waals surface area contributed by atoms with Crippen molar-refractivity contribution in [1.29, 1.82) is 0 Å². The lowest BCUT2D eigenvalue weighted by Gasteiger charge is -2.26. The first-order valence-electron chi connectivity index (χ1n) is 6.14. The smallest absolute Gasteiger partial charge is 0.0931 e. The number of hydrogen-bond acceptors (Lipinski definition) is 2. The topological polar surface area (TPSA) is 20.2 Å². The van der Waals surface area contributed by atoms with Crippen molar-refractivity contribution < 1.29 is 5.11 Å². The lowest BCUT2D eigenvalue weighted by atomic mass is 9.83. The van der Waals surface area contributed by atoms with Crippen LogP contribution in [0.1, 0.15) is 30.6 Å². The molecule has 0 radical (unpaired) electrons. The molecule has 1 N–H and O–H groups in total. The molecular weight excluding hydrogens is 240 g/mol. The van der Waals surface area contributed by atoms with E-state index in [-0.39, 0.29) is 6.10 Å². The minimum atomic E-state index is -0.148. The van der Waals surface area contributed by atoms with Gasteiger partial charge in [-0.1, -0.05) is 18.0 Å². The summed E-state index contributed by atoms with van der Waals surface area (Å²) in [5, 5.41) is 10.3. The summed E-state index contributed by atoms with van der Waals surface area (Å²) >= 11 is 7.50. The average Bonchev–Trinajstić information content (AvgIpc) is 2.93. The number of hydrogen-bond donors (Lipinski definition) is 1. The highest BCUT2D eigenvalue weighted by Crippen LogP contribution is 2.50. The summed E-state index contributed by atoms with van der Waals surface area (Å²) in [6.07, 6.45) is 6.02. The third-order valence-electron chi connectivity index (χ3n) is 4.33. The van der Waals surface area contributed by atoms with Crippen molar-refractivity contribution in [3.8, 4) is 0 Å². The highest BCUT2D eigenvalue weighted by Gasteiger charge is 2.42. The van der Waals surface area contributed by atoms with Crippen LogP contribution in [-0.4, -0.2) is 11.2 Å². The lowest BCUT2D eigenvalue weighted by molar-refractivity contribution is 0.0757. The zero-order valence-corrected chi connectivity index (χ0v) is 10.8. The number of aliphatic hydroxyl groups excluding tert-OH is 1. The molecule has 0 aromatic carbocycles. The Morgan fingerprint density at radius 2 is 2.25 bits per heavy atom. The molecular formula is C13H17ClOS. The van der Waals surface area contributed by atoms with Crippen LogP contribution in [-0.2, 0) is 6.42 Å². The van der Waals surface area contributed by atoms with Crippen molar-refractivity contribution in [2.75, 3.05) is 0 Å². The Balaban J connectivity index is 1.63. The molecule has 2 aliphatic rings. The number of fused-ring (bicyclic) bond motifs is 2. The van der Waals surface area contributed by atoms with Crippen LogP contribution in [0.3, 0.4) is 0 Å². The van der Waals surface area contributed by atoms with Crippen molar-refractivity contribution in [2.24, 2.45) is 17.8 Å². The van der Waals surface area contributed by atoms with E-state index in [1.807, 2.05) is 12.1 Å². The molecule has 2 fully saturated rings. The molecule has 2 bridgehead atoms. The van der Waals surface area contributed by atoms with Gasteiger partial charge in [-0.05, 0) is 49.1 Å². The maximum Gasteiger partial charge on any atom is 0.0931 e. The molecule has 1 heterocycles. The second-order valence-corrected chi connectivity index (χ2v) is 7.12. The zero-order valence-electron chi connectivity index (χ0n) is 9.23. The molecule has 4 unspecified atom stereocenters. The summed E-state index contributed by atoms with van der Waals surface area (Å²) < 4.78 is 0.829. The molecule has 1 nitrogen and oxygen atoms in total. The highest BCUT2D eigenvalue weighted by molar-refractivity contribution is 7.16. The van der Waals surface area contributed by atoms with Gasteiger partial charge in [0.1, 0.15) is 0 Å². The first-order valence-corrected chi connectivity index (χ1v) is 7.34. The van der Waals surface area contributed by atoms with Gasteiger partial charge >= 0.3 is 0 Å². The van der Waals surface area contributed by atoms with Crippen LogP contribution in [0, 0.1) is 17.8 Å². The summed E-state index contributed by atoms with van der Waals surface area (Å²) in [5.41, 5.74) is 0. The van der Waals surface area contributed by atoms with Crippen LogP contribution in [0.4, 0.5) is 0 Å². The molecule has 4 atom stereocenters. The molecule has 16 heavy (non-hydrogen) atoms. The average molecular weight is 257 g/mol. The van der Waals surface area contributed by atoms with Gasteiger partial charge in [0.05, 0.1) is 10.4 Å². The first-order chi connectivity index (χ1) is 7.72. The normalized spacial score (nSPS) is 34.5. The quantitative estimate of drug-likeness (QED) is 0.874. The van der Waals surface area contributed by atoms with Crippen LogP contribution < -0.4 is 0 Å². The molecule has 3 heteroatoms. The Labute approximate surface area is 105 Å². The zero-order chi connectivity index (χ0) is 11.1. The second kappa shape index (κ2) is 4.32. The van der Waals surface area contributed by atoms with Gasteiger partial charge < -0.3 is 5.11 Å². The van der Waals surface area contributed by atoms with Crippen molar-refractivity contribution in [3.63, 3.8) is 0 Å². The van der Waals surface area contributed by atoms with Crippen LogP contribution in [0.15, 0.2) is 12.1 Å². The summed E-state index contributed by atoms with van der Waals surface area (Å²) in [7, 11) is 0. The van der Waals surface area contributed by atoms with Crippen molar-refractivity contribution >= 4 is 22.9 Å². The Morgan fingerprint density at radius 1 is 1.38 bits per heavy atom. The van der Waals surface area contributed by atoms with Crippen LogP contribution >= 0.6 is 22.9 Å². The van der Waals surface area contributed by atoms with Crippen molar-refractivity contribution in [1.82, 2.24) is 0 Å². The first kappa shape index (κ1) is 11.1. The molecule has 0 spiro atoms. The second-order valence-electron chi connectivity index (χ2n) is 5.32. The van der Waals surface area contributed by atoms with E-state index in [4.69, 9.17) is 11.6 Å². The summed E-state index contributed by atoms with van der Waals surface area (Å²) in [5.74, 6) is 2.27. The fourth-order valence-electron chi connectivity index (χ4n) is 3.58. The van der Waals surface area contributed by atoms with Crippen molar-refractivity contribution in [3.05, 3.63) is 21.3 Å². The molecule has 2 saturated carbocycles. The van der Waals surface area contributed by atoms with Crippen LogP contribution in [0.25, 0.3) is 0 Å². The van der Waals surface area contributed by atoms with Gasteiger partial charge in [-0.3, -0.25) is 0 Å². The fourth-order valence-corrected chi connectivity index (χ4v) is 4.72. The Morgan fingerprint density at radius 3 is 2.81 bits per heavy atom. The van der Waals surface area contributed by atoms with Gasteiger partial charge in [0, 0.05) is 11.3 Å². The van der Waals surface area contributed by atoms with Gasteiger partial charge in [-0.25, -0.2) is 0 Å². The maximum absolute atomic E-state index is 10.3. The number of rotatable bonds is 3. The van der Waals surface area contributed by atoms with Crippen LogP contribution in [0.5, 0.6) is 0 Å². The monoisotopic (exact) mass is 256 g/mol. The minimum Gasteiger partial charge on any atom is -0.392 e. The van der Waals surface area contributed by atoms with E-state index in [1.165, 1.54) is 30.6 Å². The number of thiophene rings is 1. The summed E-state index contributed by atoms with van der Waals surface area (Å²) in [6, 6.07) is 3.97. The molecule has 88 valence electrons. The standard InChI is InChI=1S/C13H17ClOS/c14-13-4-3-10(16-13)7-12(15)11-6-8-1-2-9(11)5-8/h3-4,8-9,11-12,15H,1-2,5-7H2. The van der Waals surface area contributed by atoms with E-state index in [1.54, 1.807) is 11.3 Å². The van der Waals surface area contributed by atoms with E-state index in [2.05, 4.69) is 0 Å². The van der Waals surface area contributed by atoms with E-state index >= 15 is 0 Å². The predicted octanol–water partition coefficient (Wildman–Crippen LogP) is 3.74. The largest absolute Gasteiger partial charge is 0.392 e. The van der Waals surface area contributed by atoms with E-state index in [0.717, 1.165) is 22.6 Å². The van der Waals surface area contributed by atoms with E-state index in [0.29, 0.717) is 5.92 Å². The van der Waals surface area contributed by atoms with Crippen molar-refractivity contribution in [2.45, 2.75) is 38.2 Å². The van der Waals surface area contributed by atoms with Crippen LogP contribution in [0.2, 0.25) is 4.34 Å². The van der Waals surface area contributed by atoms with Gasteiger partial charge in [0.25, 0.3) is 0 Å². The predicted molar refractivity (Wildman–Crippen MR) is 68.0 cm³/mol. The maximum atomic E-state index is 10.3.